The molecular weight excluding hydrogens is 203 g/mol. The minimum Gasteiger partial charge on any atom is -0.334 e. The first-order valence-electron chi connectivity index (χ1n) is 3.72. The van der Waals surface area contributed by atoms with Crippen molar-refractivity contribution in [2.45, 2.75) is 24.6 Å². The number of amides is 2. The first-order valence-corrected chi connectivity index (χ1v) is 3.72. The molecule has 0 aliphatic heterocycles. The molecule has 5 nitrogen and oxygen atoms in total. The molecule has 2 amide bonds. The third kappa shape index (κ3) is 1.79. The lowest BCUT2D eigenvalue weighted by atomic mass is 10.2. The van der Waals surface area contributed by atoms with Crippen LogP contribution in [0.4, 0.5) is 13.2 Å². The predicted molar refractivity (Wildman–Crippen MR) is 38.5 cm³/mol. The van der Waals surface area contributed by atoms with Crippen LogP contribution in [0.2, 0.25) is 0 Å². The Hall–Kier alpha value is -1.31. The normalized spacial score (nSPS) is 18.6. The molecule has 1 rings (SSSR count). The van der Waals surface area contributed by atoms with Gasteiger partial charge < -0.3 is 5.32 Å². The van der Waals surface area contributed by atoms with Gasteiger partial charge in [-0.15, -0.1) is 0 Å². The van der Waals surface area contributed by atoms with Crippen LogP contribution in [0, 0.1) is 0 Å². The molecule has 0 bridgehead atoms. The van der Waals surface area contributed by atoms with Gasteiger partial charge in [0.25, 0.3) is 0 Å². The number of nitrogens with two attached hydrogens (primary N) is 1. The van der Waals surface area contributed by atoms with Gasteiger partial charge in [-0.25, -0.2) is 5.84 Å². The largest absolute Gasteiger partial charge is 0.411 e. The smallest absolute Gasteiger partial charge is 0.334 e. The fourth-order valence-electron chi connectivity index (χ4n) is 0.944. The van der Waals surface area contributed by atoms with Gasteiger partial charge in [0.2, 0.25) is 0 Å². The van der Waals surface area contributed by atoms with E-state index in [0.29, 0.717) is 0 Å². The van der Waals surface area contributed by atoms with Gasteiger partial charge in [0, 0.05) is 0 Å². The lowest BCUT2D eigenvalue weighted by Crippen LogP contribution is -2.53. The Labute approximate surface area is 76.8 Å². The number of hydrogen-bond donors (Lipinski definition) is 3. The van der Waals surface area contributed by atoms with E-state index in [1.807, 2.05) is 0 Å². The Balaban J connectivity index is 2.61. The molecule has 0 heterocycles. The molecular formula is C6H8F3N3O2. The average Bonchev–Trinajstić information content (AvgIpc) is 2.82. The summed E-state index contributed by atoms with van der Waals surface area (Å²) in [6.45, 7) is 0. The van der Waals surface area contributed by atoms with Crippen LogP contribution in [0.25, 0.3) is 0 Å². The number of halogens is 3. The molecule has 0 aromatic heterocycles. The summed E-state index contributed by atoms with van der Waals surface area (Å²) < 4.78 is 36.7. The van der Waals surface area contributed by atoms with Crippen LogP contribution >= 0.6 is 0 Å². The lowest BCUT2D eigenvalue weighted by molar-refractivity contribution is -0.171. The van der Waals surface area contributed by atoms with Crippen molar-refractivity contribution in [2.75, 3.05) is 0 Å². The molecule has 0 radical (unpaired) electrons. The topological polar surface area (TPSA) is 84.2 Å². The maximum atomic E-state index is 12.2. The van der Waals surface area contributed by atoms with E-state index in [-0.39, 0.29) is 12.8 Å². The molecule has 1 aliphatic carbocycles. The number of carbonyl (C=O) groups is 2. The van der Waals surface area contributed by atoms with Crippen LogP contribution in [0.1, 0.15) is 12.8 Å². The summed E-state index contributed by atoms with van der Waals surface area (Å²) in [5.74, 6) is 1.92. The molecule has 1 aliphatic rings. The minimum absolute atomic E-state index is 0.208. The van der Waals surface area contributed by atoms with E-state index < -0.39 is 23.5 Å². The maximum Gasteiger partial charge on any atom is 0.411 e. The van der Waals surface area contributed by atoms with Crippen LogP contribution < -0.4 is 16.6 Å². The zero-order valence-electron chi connectivity index (χ0n) is 6.94. The average molecular weight is 211 g/mol. The van der Waals surface area contributed by atoms with Gasteiger partial charge in [-0.2, -0.15) is 13.2 Å². The second-order valence-electron chi connectivity index (χ2n) is 3.01. The van der Waals surface area contributed by atoms with Crippen LogP contribution in [0.15, 0.2) is 0 Å². The summed E-state index contributed by atoms with van der Waals surface area (Å²) in [7, 11) is 0. The molecule has 1 fully saturated rings. The summed E-state index contributed by atoms with van der Waals surface area (Å²) in [4.78, 5) is 21.3. The van der Waals surface area contributed by atoms with Crippen molar-refractivity contribution in [1.82, 2.24) is 10.7 Å². The first-order chi connectivity index (χ1) is 6.32. The quantitative estimate of drug-likeness (QED) is 0.229. The van der Waals surface area contributed by atoms with E-state index in [4.69, 9.17) is 0 Å². The fourth-order valence-corrected chi connectivity index (χ4v) is 0.944. The molecule has 14 heavy (non-hydrogen) atoms. The highest BCUT2D eigenvalue weighted by atomic mass is 19.4. The van der Waals surface area contributed by atoms with Gasteiger partial charge in [-0.1, -0.05) is 0 Å². The first kappa shape index (κ1) is 10.8. The van der Waals surface area contributed by atoms with Crippen molar-refractivity contribution < 1.29 is 22.8 Å². The second-order valence-corrected chi connectivity index (χ2v) is 3.01. The van der Waals surface area contributed by atoms with E-state index in [1.165, 1.54) is 5.43 Å². The summed E-state index contributed by atoms with van der Waals surface area (Å²) in [5.41, 5.74) is -0.777. The Kier molecular flexibility index (Phi) is 2.40. The number of hydrogen-bond acceptors (Lipinski definition) is 3. The van der Waals surface area contributed by atoms with Gasteiger partial charge in [-0.3, -0.25) is 15.0 Å². The van der Waals surface area contributed by atoms with Crippen LogP contribution in [-0.2, 0) is 9.59 Å². The summed E-state index contributed by atoms with van der Waals surface area (Å²) in [6.07, 6.45) is -4.95. The van der Waals surface area contributed by atoms with E-state index >= 15 is 0 Å². The highest BCUT2D eigenvalue weighted by Crippen LogP contribution is 2.48. The molecule has 8 heteroatoms. The monoisotopic (exact) mass is 211 g/mol. The van der Waals surface area contributed by atoms with Gasteiger partial charge in [0.05, 0.1) is 0 Å². The van der Waals surface area contributed by atoms with Crippen molar-refractivity contribution in [3.8, 4) is 0 Å². The number of hydrazine groups is 1. The van der Waals surface area contributed by atoms with Crippen LogP contribution in [-0.4, -0.2) is 23.5 Å². The van der Waals surface area contributed by atoms with Crippen molar-refractivity contribution in [1.29, 1.82) is 0 Å². The van der Waals surface area contributed by atoms with Crippen molar-refractivity contribution in [3.63, 3.8) is 0 Å². The van der Waals surface area contributed by atoms with Gasteiger partial charge in [0.1, 0.15) is 5.54 Å². The van der Waals surface area contributed by atoms with Gasteiger partial charge >= 0.3 is 18.0 Å². The third-order valence-corrected chi connectivity index (χ3v) is 1.98. The number of carbonyl (C=O) groups excluding carboxylic acids is 2. The summed E-state index contributed by atoms with van der Waals surface area (Å²) in [5, 5.41) is 1.60. The highest BCUT2D eigenvalue weighted by Gasteiger charge is 2.64. The standard InChI is InChI=1S/C6H8F3N3O2/c7-6(8,9)5(1-2-5)11-3(13)4(14)12-10/h1-2,10H2,(H,11,13)(H,12,14). The molecule has 0 unspecified atom stereocenters. The van der Waals surface area contributed by atoms with E-state index in [0.717, 1.165) is 0 Å². The van der Waals surface area contributed by atoms with E-state index in [2.05, 4.69) is 5.84 Å². The third-order valence-electron chi connectivity index (χ3n) is 1.98. The number of rotatable bonds is 1. The van der Waals surface area contributed by atoms with Crippen LogP contribution in [0.5, 0.6) is 0 Å². The predicted octanol–water partition coefficient (Wildman–Crippen LogP) is -0.813. The molecule has 80 valence electrons. The molecule has 0 aromatic rings. The fraction of sp³-hybridized carbons (Fsp3) is 0.667. The minimum atomic E-state index is -4.53. The van der Waals surface area contributed by atoms with Crippen molar-refractivity contribution in [2.24, 2.45) is 5.84 Å². The zero-order valence-corrected chi connectivity index (χ0v) is 6.94. The molecule has 1 saturated carbocycles. The molecule has 0 saturated heterocycles. The van der Waals surface area contributed by atoms with E-state index in [9.17, 15) is 22.8 Å². The maximum absolute atomic E-state index is 12.2. The second kappa shape index (κ2) is 3.12. The van der Waals surface area contributed by atoms with Gasteiger partial charge in [-0.05, 0) is 12.8 Å². The molecule has 0 spiro atoms. The Bertz CT molecular complexity index is 272. The lowest BCUT2D eigenvalue weighted by Gasteiger charge is -2.19. The number of nitrogens with one attached hydrogen (secondary N) is 2. The zero-order chi connectivity index (χ0) is 11.0. The summed E-state index contributed by atoms with van der Waals surface area (Å²) >= 11 is 0. The van der Waals surface area contributed by atoms with E-state index in [1.54, 1.807) is 5.32 Å². The van der Waals surface area contributed by atoms with Gasteiger partial charge in [0.15, 0.2) is 0 Å². The van der Waals surface area contributed by atoms with Crippen molar-refractivity contribution in [3.05, 3.63) is 0 Å². The molecule has 0 atom stereocenters. The Morgan fingerprint density at radius 3 is 2.00 bits per heavy atom. The van der Waals surface area contributed by atoms with Crippen LogP contribution in [0.3, 0.4) is 0 Å². The highest BCUT2D eigenvalue weighted by molar-refractivity contribution is 6.35. The number of alkyl halides is 3. The Morgan fingerprint density at radius 1 is 1.21 bits per heavy atom. The SMILES string of the molecule is NNC(=O)C(=O)NC1(C(F)(F)F)CC1. The van der Waals surface area contributed by atoms with Crippen molar-refractivity contribution >= 4 is 11.8 Å². The molecule has 0 aromatic carbocycles. The summed E-state index contributed by atoms with van der Waals surface area (Å²) in [6, 6.07) is 0. The Morgan fingerprint density at radius 2 is 1.71 bits per heavy atom. The molecule has 4 N–H and O–H groups in total.